The van der Waals surface area contributed by atoms with Crippen molar-refractivity contribution in [3.8, 4) is 0 Å². The van der Waals surface area contributed by atoms with Gasteiger partial charge in [0.15, 0.2) is 0 Å². The lowest BCUT2D eigenvalue weighted by Gasteiger charge is -2.24. The Balaban J connectivity index is 2.11. The zero-order chi connectivity index (χ0) is 20.7. The summed E-state index contributed by atoms with van der Waals surface area (Å²) in [5.41, 5.74) is -0.777. The van der Waals surface area contributed by atoms with Crippen LogP contribution in [0, 0.1) is 0 Å². The van der Waals surface area contributed by atoms with Crippen molar-refractivity contribution in [3.63, 3.8) is 0 Å². The maximum absolute atomic E-state index is 13.0. The fourth-order valence-corrected chi connectivity index (χ4v) is 3.02. The van der Waals surface area contributed by atoms with Crippen LogP contribution < -0.4 is 0 Å². The third-order valence-electron chi connectivity index (χ3n) is 4.29. The van der Waals surface area contributed by atoms with Gasteiger partial charge in [0, 0.05) is 25.8 Å². The first-order valence-electron chi connectivity index (χ1n) is 8.73. The molecule has 2 rings (SSSR count). The zero-order valence-corrected chi connectivity index (χ0v) is 16.1. The van der Waals surface area contributed by atoms with Gasteiger partial charge in [-0.2, -0.15) is 13.2 Å². The summed E-state index contributed by atoms with van der Waals surface area (Å²) in [5, 5.41) is -0.408. The lowest BCUT2D eigenvalue weighted by molar-refractivity contribution is -0.141. The van der Waals surface area contributed by atoms with E-state index in [9.17, 15) is 22.8 Å². The number of methoxy groups -OCH3 is 1. The molecule has 28 heavy (non-hydrogen) atoms. The molecule has 1 atom stereocenters. The third kappa shape index (κ3) is 6.53. The van der Waals surface area contributed by atoms with Gasteiger partial charge in [-0.3, -0.25) is 9.59 Å². The van der Waals surface area contributed by atoms with Crippen LogP contribution in [0.2, 0.25) is 5.02 Å². The molecule has 1 aliphatic heterocycles. The number of amides is 1. The normalized spacial score (nSPS) is 17.1. The van der Waals surface area contributed by atoms with Crippen molar-refractivity contribution in [1.82, 2.24) is 4.90 Å². The molecule has 154 valence electrons. The van der Waals surface area contributed by atoms with Crippen molar-refractivity contribution >= 4 is 29.6 Å². The molecule has 1 amide bonds. The average molecular weight is 420 g/mol. The number of alkyl halides is 3. The second-order valence-corrected chi connectivity index (χ2v) is 6.72. The Hall–Kier alpha value is -2.06. The van der Waals surface area contributed by atoms with Gasteiger partial charge in [0.1, 0.15) is 0 Å². The van der Waals surface area contributed by atoms with E-state index in [2.05, 4.69) is 4.74 Å². The number of hydrogen-bond donors (Lipinski definition) is 0. The number of esters is 1. The number of carbonyl (C=O) groups excluding carboxylic acids is 2. The Labute approximate surface area is 166 Å². The second-order valence-electron chi connectivity index (χ2n) is 6.32. The summed E-state index contributed by atoms with van der Waals surface area (Å²) in [7, 11) is 1.26. The number of halogens is 4. The predicted octanol–water partition coefficient (Wildman–Crippen LogP) is 3.94. The van der Waals surface area contributed by atoms with Crippen molar-refractivity contribution < 1.29 is 32.2 Å². The van der Waals surface area contributed by atoms with Crippen LogP contribution in [0.15, 0.2) is 24.3 Å². The van der Waals surface area contributed by atoms with E-state index < -0.39 is 28.6 Å². The SMILES string of the molecule is COC(=O)CCN(CC1CCCO1)C(=O)C=Cc1ccc(Cl)c(C(F)(F)F)c1. The molecule has 0 bridgehead atoms. The van der Waals surface area contributed by atoms with Gasteiger partial charge in [-0.25, -0.2) is 0 Å². The van der Waals surface area contributed by atoms with E-state index in [-0.39, 0.29) is 24.6 Å². The molecule has 1 unspecified atom stereocenters. The van der Waals surface area contributed by atoms with Crippen LogP contribution in [-0.2, 0) is 25.2 Å². The molecule has 0 spiro atoms. The molecule has 1 aliphatic rings. The highest BCUT2D eigenvalue weighted by Crippen LogP contribution is 2.35. The molecule has 9 heteroatoms. The van der Waals surface area contributed by atoms with E-state index in [0.29, 0.717) is 13.2 Å². The van der Waals surface area contributed by atoms with Gasteiger partial charge in [-0.05, 0) is 36.6 Å². The smallest absolute Gasteiger partial charge is 0.417 e. The maximum atomic E-state index is 13.0. The number of carbonyl (C=O) groups is 2. The first-order valence-corrected chi connectivity index (χ1v) is 9.10. The summed E-state index contributed by atoms with van der Waals surface area (Å²) in [6.07, 6.45) is -0.534. The number of ether oxygens (including phenoxy) is 2. The molecule has 0 radical (unpaired) electrons. The molecule has 0 N–H and O–H groups in total. The third-order valence-corrected chi connectivity index (χ3v) is 4.62. The summed E-state index contributed by atoms with van der Waals surface area (Å²) in [6, 6.07) is 3.40. The summed E-state index contributed by atoms with van der Waals surface area (Å²) in [6.45, 7) is 1.04. The molecular formula is C19H21ClF3NO4. The molecule has 0 aliphatic carbocycles. The summed E-state index contributed by atoms with van der Waals surface area (Å²) >= 11 is 5.60. The van der Waals surface area contributed by atoms with E-state index in [0.717, 1.165) is 25.0 Å². The van der Waals surface area contributed by atoms with Crippen LogP contribution in [0.25, 0.3) is 6.08 Å². The van der Waals surface area contributed by atoms with Crippen LogP contribution >= 0.6 is 11.6 Å². The molecular weight excluding hydrogens is 399 g/mol. The standard InChI is InChI=1S/C19H21ClF3NO4/c1-27-18(26)8-9-24(12-14-3-2-10-28-14)17(25)7-5-13-4-6-16(20)15(11-13)19(21,22)23/h4-7,11,14H,2-3,8-10,12H2,1H3. The minimum atomic E-state index is -4.59. The monoisotopic (exact) mass is 419 g/mol. The topological polar surface area (TPSA) is 55.8 Å². The Morgan fingerprint density at radius 3 is 2.75 bits per heavy atom. The van der Waals surface area contributed by atoms with E-state index >= 15 is 0 Å². The first-order chi connectivity index (χ1) is 13.2. The van der Waals surface area contributed by atoms with Crippen molar-refractivity contribution in [3.05, 3.63) is 40.4 Å². The van der Waals surface area contributed by atoms with Gasteiger partial charge in [0.2, 0.25) is 5.91 Å². The molecule has 1 fully saturated rings. The highest BCUT2D eigenvalue weighted by atomic mass is 35.5. The van der Waals surface area contributed by atoms with E-state index in [1.165, 1.54) is 30.2 Å². The van der Waals surface area contributed by atoms with Gasteiger partial charge >= 0.3 is 12.1 Å². The van der Waals surface area contributed by atoms with Crippen LogP contribution in [0.3, 0.4) is 0 Å². The van der Waals surface area contributed by atoms with Gasteiger partial charge in [0.25, 0.3) is 0 Å². The van der Waals surface area contributed by atoms with Crippen molar-refractivity contribution in [1.29, 1.82) is 0 Å². The van der Waals surface area contributed by atoms with E-state index in [4.69, 9.17) is 16.3 Å². The van der Waals surface area contributed by atoms with Gasteiger partial charge in [-0.1, -0.05) is 17.7 Å². The van der Waals surface area contributed by atoms with E-state index in [1.807, 2.05) is 0 Å². The number of rotatable bonds is 7. The number of nitrogens with zero attached hydrogens (tertiary/aromatic N) is 1. The Morgan fingerprint density at radius 1 is 1.39 bits per heavy atom. The van der Waals surface area contributed by atoms with Crippen LogP contribution in [0.1, 0.15) is 30.4 Å². The molecule has 1 saturated heterocycles. The lowest BCUT2D eigenvalue weighted by atomic mass is 10.1. The molecule has 1 aromatic carbocycles. The minimum Gasteiger partial charge on any atom is -0.469 e. The summed E-state index contributed by atoms with van der Waals surface area (Å²) in [5.74, 6) is -0.885. The molecule has 0 aromatic heterocycles. The Morgan fingerprint density at radius 2 is 2.14 bits per heavy atom. The molecule has 5 nitrogen and oxygen atoms in total. The van der Waals surface area contributed by atoms with Crippen LogP contribution in [0.5, 0.6) is 0 Å². The minimum absolute atomic E-state index is 0.0158. The van der Waals surface area contributed by atoms with Crippen molar-refractivity contribution in [2.45, 2.75) is 31.5 Å². The maximum Gasteiger partial charge on any atom is 0.417 e. The predicted molar refractivity (Wildman–Crippen MR) is 97.7 cm³/mol. The number of benzene rings is 1. The zero-order valence-electron chi connectivity index (χ0n) is 15.3. The molecule has 0 saturated carbocycles. The van der Waals surface area contributed by atoms with Crippen molar-refractivity contribution in [2.75, 3.05) is 26.8 Å². The average Bonchev–Trinajstić information content (AvgIpc) is 3.16. The summed E-state index contributed by atoms with van der Waals surface area (Å²) < 4.78 is 49.0. The fourth-order valence-electron chi connectivity index (χ4n) is 2.79. The van der Waals surface area contributed by atoms with Gasteiger partial charge < -0.3 is 14.4 Å². The summed E-state index contributed by atoms with van der Waals surface area (Å²) in [4.78, 5) is 25.4. The molecule has 1 heterocycles. The number of hydrogen-bond acceptors (Lipinski definition) is 4. The van der Waals surface area contributed by atoms with Gasteiger partial charge in [-0.15, -0.1) is 0 Å². The highest BCUT2D eigenvalue weighted by Gasteiger charge is 2.33. The molecule has 1 aromatic rings. The van der Waals surface area contributed by atoms with Crippen LogP contribution in [-0.4, -0.2) is 49.7 Å². The van der Waals surface area contributed by atoms with Gasteiger partial charge in [0.05, 0.1) is 30.2 Å². The van der Waals surface area contributed by atoms with Crippen molar-refractivity contribution in [2.24, 2.45) is 0 Å². The second kappa shape index (κ2) is 9.93. The Kier molecular flexibility index (Phi) is 7.88. The lowest BCUT2D eigenvalue weighted by Crippen LogP contribution is -2.37. The Bertz CT molecular complexity index is 730. The van der Waals surface area contributed by atoms with Crippen LogP contribution in [0.4, 0.5) is 13.2 Å². The highest BCUT2D eigenvalue weighted by molar-refractivity contribution is 6.31. The van der Waals surface area contributed by atoms with E-state index in [1.54, 1.807) is 0 Å². The first kappa shape index (κ1) is 22.2. The quantitative estimate of drug-likeness (QED) is 0.496. The fraction of sp³-hybridized carbons (Fsp3) is 0.474. The largest absolute Gasteiger partial charge is 0.469 e.